The van der Waals surface area contributed by atoms with Crippen molar-refractivity contribution in [2.75, 3.05) is 13.2 Å². The van der Waals surface area contributed by atoms with Gasteiger partial charge in [0.05, 0.1) is 6.61 Å². The van der Waals surface area contributed by atoms with Gasteiger partial charge in [-0.25, -0.2) is 10.4 Å². The molecule has 0 radical (unpaired) electrons. The molecule has 268 valence electrons. The fourth-order valence-corrected chi connectivity index (χ4v) is 6.31. The molecule has 5 aromatic carbocycles. The van der Waals surface area contributed by atoms with E-state index in [2.05, 4.69) is 29.1 Å². The molecule has 5 aromatic rings. The summed E-state index contributed by atoms with van der Waals surface area (Å²) in [7, 11) is 0. The van der Waals surface area contributed by atoms with E-state index in [1.54, 1.807) is 12.1 Å². The number of carbonyl (C=O) groups excluding carboxylic acids is 2. The van der Waals surface area contributed by atoms with E-state index in [0.29, 0.717) is 30.9 Å². The first kappa shape index (κ1) is 36.3. The van der Waals surface area contributed by atoms with Crippen LogP contribution < -0.4 is 15.6 Å². The molecule has 1 amide bonds. The third-order valence-electron chi connectivity index (χ3n) is 8.84. The zero-order valence-corrected chi connectivity index (χ0v) is 29.8. The first-order valence-electron chi connectivity index (χ1n) is 17.6. The molecule has 1 heterocycles. The van der Waals surface area contributed by atoms with Gasteiger partial charge in [0, 0.05) is 31.6 Å². The van der Waals surface area contributed by atoms with Crippen molar-refractivity contribution < 1.29 is 28.9 Å². The van der Waals surface area contributed by atoms with Gasteiger partial charge in [0.1, 0.15) is 11.4 Å². The van der Waals surface area contributed by atoms with Crippen LogP contribution in [-0.4, -0.2) is 47.2 Å². The van der Waals surface area contributed by atoms with E-state index in [4.69, 9.17) is 24.3 Å². The fraction of sp³-hybridized carbons (Fsp3) is 0.279. The number of hydrazine groups is 1. The Morgan fingerprint density at radius 2 is 1.50 bits per heavy atom. The molecule has 0 spiro atoms. The van der Waals surface area contributed by atoms with Gasteiger partial charge in [-0.3, -0.25) is 15.0 Å². The number of amides is 1. The molecule has 6 rings (SSSR count). The van der Waals surface area contributed by atoms with Gasteiger partial charge < -0.3 is 19.3 Å². The molecule has 0 fully saturated rings. The number of hydrogen-bond donors (Lipinski definition) is 3. The largest absolute Gasteiger partial charge is 0.494 e. The number of carbonyl (C=O) groups is 2. The van der Waals surface area contributed by atoms with Crippen LogP contribution in [0.2, 0.25) is 0 Å². The maximum atomic E-state index is 14.6. The van der Waals surface area contributed by atoms with Crippen LogP contribution in [0.15, 0.2) is 126 Å². The Kier molecular flexibility index (Phi) is 11.3. The number of esters is 1. The molecular weight excluding hydrogens is 654 g/mol. The second-order valence-corrected chi connectivity index (χ2v) is 13.8. The molecule has 9 heteroatoms. The minimum atomic E-state index is -1.54. The van der Waals surface area contributed by atoms with Gasteiger partial charge in [-0.15, -0.1) is 0 Å². The molecule has 2 atom stereocenters. The van der Waals surface area contributed by atoms with Crippen molar-refractivity contribution in [2.24, 2.45) is 4.99 Å². The molecule has 0 saturated carbocycles. The lowest BCUT2D eigenvalue weighted by Gasteiger charge is -2.31. The molecule has 3 N–H and O–H groups in total. The standard InChI is InChI=1S/C43H45N3O6/c1-42(2,3)52-38(48)25-26-43(41(49)46-44-29-35-15-9-14-32-13-7-8-16-37(32)35)39(33-19-17-31(18-20-33)30-11-5-4-6-12-30)51-40(45-43)34-21-23-36(24-22-34)50-28-10-27-47/h4-9,11-24,39,44,47H,10,25-29H2,1-3H3,(H,46,49)/t39-,43-/m0/s1. The highest BCUT2D eigenvalue weighted by Gasteiger charge is 2.53. The van der Waals surface area contributed by atoms with Gasteiger partial charge in [0.15, 0.2) is 11.6 Å². The third kappa shape index (κ3) is 8.67. The van der Waals surface area contributed by atoms with Crippen molar-refractivity contribution in [3.8, 4) is 16.9 Å². The average molecular weight is 700 g/mol. The number of hydrogen-bond acceptors (Lipinski definition) is 8. The molecular formula is C43H45N3O6. The van der Waals surface area contributed by atoms with Crippen LogP contribution in [0.1, 0.15) is 62.8 Å². The summed E-state index contributed by atoms with van der Waals surface area (Å²) in [4.78, 5) is 32.8. The van der Waals surface area contributed by atoms with Crippen LogP contribution in [0, 0.1) is 0 Å². The summed E-state index contributed by atoms with van der Waals surface area (Å²) in [6.45, 7) is 6.23. The summed E-state index contributed by atoms with van der Waals surface area (Å²) in [5.41, 5.74) is 8.30. The van der Waals surface area contributed by atoms with Crippen molar-refractivity contribution in [3.05, 3.63) is 138 Å². The van der Waals surface area contributed by atoms with Gasteiger partial charge in [0.25, 0.3) is 5.91 Å². The van der Waals surface area contributed by atoms with Gasteiger partial charge in [0.2, 0.25) is 5.90 Å². The minimum absolute atomic E-state index is 0.0284. The number of aliphatic hydroxyl groups is 1. The second-order valence-electron chi connectivity index (χ2n) is 13.8. The van der Waals surface area contributed by atoms with E-state index >= 15 is 0 Å². The topological polar surface area (TPSA) is 118 Å². The van der Waals surface area contributed by atoms with E-state index in [1.807, 2.05) is 112 Å². The van der Waals surface area contributed by atoms with Gasteiger partial charge in [-0.1, -0.05) is 97.1 Å². The Bertz CT molecular complexity index is 2000. The lowest BCUT2D eigenvalue weighted by atomic mass is 9.83. The van der Waals surface area contributed by atoms with Gasteiger partial charge in [-0.05, 0) is 84.5 Å². The second kappa shape index (κ2) is 16.2. The highest BCUT2D eigenvalue weighted by molar-refractivity contribution is 6.01. The number of ether oxygens (including phenoxy) is 3. The van der Waals surface area contributed by atoms with E-state index in [1.165, 1.54) is 0 Å². The van der Waals surface area contributed by atoms with Crippen LogP contribution in [0.4, 0.5) is 0 Å². The normalized spacial score (nSPS) is 16.9. The summed E-state index contributed by atoms with van der Waals surface area (Å²) in [6, 6.07) is 39.3. The number of fused-ring (bicyclic) bond motifs is 1. The minimum Gasteiger partial charge on any atom is -0.494 e. The molecule has 1 aliphatic rings. The molecule has 1 aliphatic heterocycles. The Hall–Kier alpha value is -5.51. The average Bonchev–Trinajstić information content (AvgIpc) is 3.55. The number of aliphatic hydroxyl groups excluding tert-OH is 1. The van der Waals surface area contributed by atoms with Crippen LogP contribution >= 0.6 is 0 Å². The zero-order chi connectivity index (χ0) is 36.6. The van der Waals surface area contributed by atoms with E-state index < -0.39 is 29.1 Å². The Morgan fingerprint density at radius 3 is 2.23 bits per heavy atom. The van der Waals surface area contributed by atoms with Crippen LogP contribution in [0.5, 0.6) is 5.75 Å². The number of aliphatic imine (C=N–C) groups is 1. The number of benzene rings is 5. The molecule has 9 nitrogen and oxygen atoms in total. The highest BCUT2D eigenvalue weighted by Crippen LogP contribution is 2.44. The Balaban J connectivity index is 1.35. The highest BCUT2D eigenvalue weighted by atomic mass is 16.6. The maximum Gasteiger partial charge on any atom is 0.306 e. The molecule has 0 aliphatic carbocycles. The smallest absolute Gasteiger partial charge is 0.306 e. The van der Waals surface area contributed by atoms with Crippen LogP contribution in [0.3, 0.4) is 0 Å². The van der Waals surface area contributed by atoms with Crippen molar-refractivity contribution in [3.63, 3.8) is 0 Å². The first-order valence-corrected chi connectivity index (χ1v) is 17.6. The third-order valence-corrected chi connectivity index (χ3v) is 8.84. The lowest BCUT2D eigenvalue weighted by molar-refractivity contribution is -0.155. The van der Waals surface area contributed by atoms with Crippen molar-refractivity contribution >= 4 is 28.5 Å². The monoisotopic (exact) mass is 699 g/mol. The molecule has 52 heavy (non-hydrogen) atoms. The predicted octanol–water partition coefficient (Wildman–Crippen LogP) is 7.47. The number of nitrogens with zero attached hydrogens (tertiary/aromatic N) is 1. The maximum absolute atomic E-state index is 14.6. The summed E-state index contributed by atoms with van der Waals surface area (Å²) >= 11 is 0. The zero-order valence-electron chi connectivity index (χ0n) is 29.8. The molecule has 0 aromatic heterocycles. The Labute approximate surface area is 304 Å². The van der Waals surface area contributed by atoms with Crippen LogP contribution in [-0.2, 0) is 25.6 Å². The van der Waals surface area contributed by atoms with Crippen molar-refractivity contribution in [1.29, 1.82) is 0 Å². The van der Waals surface area contributed by atoms with E-state index in [-0.39, 0.29) is 25.3 Å². The van der Waals surface area contributed by atoms with Crippen molar-refractivity contribution in [1.82, 2.24) is 10.9 Å². The molecule has 0 bridgehead atoms. The Morgan fingerprint density at radius 1 is 0.827 bits per heavy atom. The van der Waals surface area contributed by atoms with E-state index in [0.717, 1.165) is 33.0 Å². The lowest BCUT2D eigenvalue weighted by Crippen LogP contribution is -2.52. The summed E-state index contributed by atoms with van der Waals surface area (Å²) in [5.74, 6) is 0.0323. The molecule has 0 unspecified atom stereocenters. The van der Waals surface area contributed by atoms with Crippen molar-refractivity contribution in [2.45, 2.75) is 63.8 Å². The molecule has 0 saturated heterocycles. The SMILES string of the molecule is CC(C)(C)OC(=O)CC[C@]1(C(=O)NNCc2cccc3ccccc23)N=C(c2ccc(OCCCO)cc2)O[C@H]1c1ccc(-c2ccccc2)cc1. The van der Waals surface area contributed by atoms with Gasteiger partial charge >= 0.3 is 5.97 Å². The van der Waals surface area contributed by atoms with Gasteiger partial charge in [-0.2, -0.15) is 0 Å². The van der Waals surface area contributed by atoms with E-state index in [9.17, 15) is 9.59 Å². The summed E-state index contributed by atoms with van der Waals surface area (Å²) in [5, 5.41) is 11.3. The quantitative estimate of drug-likeness (QED) is 0.0626. The summed E-state index contributed by atoms with van der Waals surface area (Å²) < 4.78 is 18.0. The number of rotatable bonds is 14. The summed E-state index contributed by atoms with van der Waals surface area (Å²) in [6.07, 6.45) is -0.383. The fourth-order valence-electron chi connectivity index (χ4n) is 6.31. The predicted molar refractivity (Wildman–Crippen MR) is 203 cm³/mol. The number of nitrogens with one attached hydrogen (secondary N) is 2. The van der Waals surface area contributed by atoms with Crippen LogP contribution in [0.25, 0.3) is 21.9 Å². The first-order chi connectivity index (χ1) is 25.1.